The number of ketones is 1. The highest BCUT2D eigenvalue weighted by Crippen LogP contribution is 2.42. The molecule has 1 N–H and O–H groups in total. The summed E-state index contributed by atoms with van der Waals surface area (Å²) in [7, 11) is 0. The number of aliphatic carboxylic acids is 1. The second kappa shape index (κ2) is 6.77. The Labute approximate surface area is 104 Å². The lowest BCUT2D eigenvalue weighted by atomic mass is 9.78. The van der Waals surface area contributed by atoms with Gasteiger partial charge in [-0.3, -0.25) is 9.59 Å². The Morgan fingerprint density at radius 2 is 2.00 bits per heavy atom. The van der Waals surface area contributed by atoms with E-state index < -0.39 is 5.97 Å². The largest absolute Gasteiger partial charge is 0.481 e. The molecule has 0 aromatic carbocycles. The molecule has 0 radical (unpaired) electrons. The van der Waals surface area contributed by atoms with Crippen molar-refractivity contribution in [2.45, 2.75) is 71.1 Å². The summed E-state index contributed by atoms with van der Waals surface area (Å²) in [6, 6.07) is 0. The van der Waals surface area contributed by atoms with E-state index in [0.717, 1.165) is 57.8 Å². The lowest BCUT2D eigenvalue weighted by molar-refractivity contribution is -0.137. The van der Waals surface area contributed by atoms with Gasteiger partial charge in [-0.1, -0.05) is 26.2 Å². The SMILES string of the molecule is CCC1(CCCCCCC(=O)O)CCCC1=O. The summed E-state index contributed by atoms with van der Waals surface area (Å²) >= 11 is 0. The molecule has 1 aliphatic carbocycles. The van der Waals surface area contributed by atoms with Gasteiger partial charge in [0.15, 0.2) is 0 Å². The Morgan fingerprint density at radius 3 is 2.53 bits per heavy atom. The lowest BCUT2D eigenvalue weighted by Crippen LogP contribution is -2.24. The van der Waals surface area contributed by atoms with Gasteiger partial charge in [-0.2, -0.15) is 0 Å². The fourth-order valence-electron chi connectivity index (χ4n) is 2.90. The molecule has 1 aliphatic rings. The molecule has 0 bridgehead atoms. The maximum atomic E-state index is 11.9. The summed E-state index contributed by atoms with van der Waals surface area (Å²) in [4.78, 5) is 22.2. The third-order valence-electron chi connectivity index (χ3n) is 4.12. The number of carbonyl (C=O) groups excluding carboxylic acids is 1. The zero-order chi connectivity index (χ0) is 12.7. The smallest absolute Gasteiger partial charge is 0.303 e. The van der Waals surface area contributed by atoms with Gasteiger partial charge < -0.3 is 5.11 Å². The van der Waals surface area contributed by atoms with Crippen LogP contribution < -0.4 is 0 Å². The summed E-state index contributed by atoms with van der Waals surface area (Å²) in [5.74, 6) is -0.244. The lowest BCUT2D eigenvalue weighted by Gasteiger charge is -2.25. The number of carboxylic acids is 1. The van der Waals surface area contributed by atoms with Crippen LogP contribution in [0.15, 0.2) is 0 Å². The van der Waals surface area contributed by atoms with Gasteiger partial charge in [0.1, 0.15) is 5.78 Å². The second-order valence-electron chi connectivity index (χ2n) is 5.22. The minimum Gasteiger partial charge on any atom is -0.481 e. The highest BCUT2D eigenvalue weighted by molar-refractivity contribution is 5.86. The molecule has 1 fully saturated rings. The predicted octanol–water partition coefficient (Wildman–Crippen LogP) is 3.56. The standard InChI is InChI=1S/C14H24O3/c1-2-14(11-7-8-12(14)15)10-6-4-3-5-9-13(16)17/h2-11H2,1H3,(H,16,17). The van der Waals surface area contributed by atoms with Crippen LogP contribution in [-0.4, -0.2) is 16.9 Å². The van der Waals surface area contributed by atoms with Crippen molar-refractivity contribution in [3.05, 3.63) is 0 Å². The van der Waals surface area contributed by atoms with Crippen molar-refractivity contribution < 1.29 is 14.7 Å². The molecule has 17 heavy (non-hydrogen) atoms. The molecule has 0 amide bonds. The van der Waals surface area contributed by atoms with Crippen molar-refractivity contribution in [2.24, 2.45) is 5.41 Å². The number of hydrogen-bond donors (Lipinski definition) is 1. The van der Waals surface area contributed by atoms with E-state index in [-0.39, 0.29) is 11.8 Å². The summed E-state index contributed by atoms with van der Waals surface area (Å²) in [6.07, 6.45) is 9.02. The fraction of sp³-hybridized carbons (Fsp3) is 0.857. The molecular formula is C14H24O3. The third-order valence-corrected chi connectivity index (χ3v) is 4.12. The Bertz CT molecular complexity index is 273. The van der Waals surface area contributed by atoms with E-state index in [1.807, 2.05) is 0 Å². The van der Waals surface area contributed by atoms with Gasteiger partial charge in [0, 0.05) is 18.3 Å². The molecule has 1 rings (SSSR count). The van der Waals surface area contributed by atoms with E-state index in [0.29, 0.717) is 5.78 Å². The molecular weight excluding hydrogens is 216 g/mol. The van der Waals surface area contributed by atoms with E-state index in [9.17, 15) is 9.59 Å². The molecule has 0 aromatic rings. The van der Waals surface area contributed by atoms with Crippen molar-refractivity contribution >= 4 is 11.8 Å². The van der Waals surface area contributed by atoms with Gasteiger partial charge in [-0.15, -0.1) is 0 Å². The van der Waals surface area contributed by atoms with Crippen LogP contribution in [0.3, 0.4) is 0 Å². The van der Waals surface area contributed by atoms with Crippen molar-refractivity contribution in [2.75, 3.05) is 0 Å². The molecule has 1 atom stereocenters. The van der Waals surface area contributed by atoms with Gasteiger partial charge in [-0.05, 0) is 32.1 Å². The van der Waals surface area contributed by atoms with E-state index in [1.54, 1.807) is 0 Å². The quantitative estimate of drug-likeness (QED) is 0.660. The van der Waals surface area contributed by atoms with Crippen LogP contribution in [0.1, 0.15) is 71.1 Å². The maximum Gasteiger partial charge on any atom is 0.303 e. The summed E-state index contributed by atoms with van der Waals surface area (Å²) in [6.45, 7) is 2.12. The van der Waals surface area contributed by atoms with Gasteiger partial charge >= 0.3 is 5.97 Å². The highest BCUT2D eigenvalue weighted by atomic mass is 16.4. The van der Waals surface area contributed by atoms with Crippen molar-refractivity contribution in [3.63, 3.8) is 0 Å². The summed E-state index contributed by atoms with van der Waals surface area (Å²) < 4.78 is 0. The number of carboxylic acid groups (broad SMARTS) is 1. The second-order valence-corrected chi connectivity index (χ2v) is 5.22. The van der Waals surface area contributed by atoms with Crippen LogP contribution in [0.2, 0.25) is 0 Å². The van der Waals surface area contributed by atoms with Crippen LogP contribution >= 0.6 is 0 Å². The average molecular weight is 240 g/mol. The molecule has 1 saturated carbocycles. The normalized spacial score (nSPS) is 24.2. The van der Waals surface area contributed by atoms with Crippen molar-refractivity contribution in [1.29, 1.82) is 0 Å². The number of unbranched alkanes of at least 4 members (excludes halogenated alkanes) is 3. The predicted molar refractivity (Wildman–Crippen MR) is 66.9 cm³/mol. The van der Waals surface area contributed by atoms with Crippen LogP contribution in [0, 0.1) is 5.41 Å². The van der Waals surface area contributed by atoms with Gasteiger partial charge in [0.05, 0.1) is 0 Å². The van der Waals surface area contributed by atoms with Crippen molar-refractivity contribution in [1.82, 2.24) is 0 Å². The van der Waals surface area contributed by atoms with Crippen LogP contribution in [-0.2, 0) is 9.59 Å². The molecule has 0 heterocycles. The minimum absolute atomic E-state index is 0.0210. The first-order valence-corrected chi connectivity index (χ1v) is 6.86. The monoisotopic (exact) mass is 240 g/mol. The maximum absolute atomic E-state index is 11.9. The zero-order valence-electron chi connectivity index (χ0n) is 10.8. The Morgan fingerprint density at radius 1 is 1.29 bits per heavy atom. The van der Waals surface area contributed by atoms with Crippen LogP contribution in [0.25, 0.3) is 0 Å². The van der Waals surface area contributed by atoms with Crippen LogP contribution in [0.4, 0.5) is 0 Å². The topological polar surface area (TPSA) is 54.4 Å². The Hall–Kier alpha value is -0.860. The molecule has 0 spiro atoms. The molecule has 3 nitrogen and oxygen atoms in total. The number of Topliss-reactive ketones (excluding diaryl/α,β-unsaturated/α-hetero) is 1. The van der Waals surface area contributed by atoms with Gasteiger partial charge in [0.2, 0.25) is 0 Å². The van der Waals surface area contributed by atoms with Gasteiger partial charge in [0.25, 0.3) is 0 Å². The van der Waals surface area contributed by atoms with Gasteiger partial charge in [-0.25, -0.2) is 0 Å². The third kappa shape index (κ3) is 4.14. The number of carbonyl (C=O) groups is 2. The van der Waals surface area contributed by atoms with Crippen molar-refractivity contribution in [3.8, 4) is 0 Å². The average Bonchev–Trinajstić information content (AvgIpc) is 2.65. The van der Waals surface area contributed by atoms with E-state index >= 15 is 0 Å². The van der Waals surface area contributed by atoms with E-state index in [4.69, 9.17) is 5.11 Å². The number of hydrogen-bond acceptors (Lipinski definition) is 2. The van der Waals surface area contributed by atoms with E-state index in [2.05, 4.69) is 6.92 Å². The first-order chi connectivity index (χ1) is 8.10. The molecule has 0 aromatic heterocycles. The molecule has 0 aliphatic heterocycles. The fourth-order valence-corrected chi connectivity index (χ4v) is 2.90. The molecule has 3 heteroatoms. The highest BCUT2D eigenvalue weighted by Gasteiger charge is 2.39. The molecule has 98 valence electrons. The Kier molecular flexibility index (Phi) is 5.66. The first-order valence-electron chi connectivity index (χ1n) is 6.86. The number of rotatable bonds is 8. The minimum atomic E-state index is -0.707. The summed E-state index contributed by atoms with van der Waals surface area (Å²) in [5, 5.41) is 8.51. The first kappa shape index (κ1) is 14.2. The zero-order valence-corrected chi connectivity index (χ0v) is 10.8. The summed E-state index contributed by atoms with van der Waals surface area (Å²) in [5.41, 5.74) is -0.0210. The molecule has 1 unspecified atom stereocenters. The Balaban J connectivity index is 2.16. The molecule has 0 saturated heterocycles. The van der Waals surface area contributed by atoms with Crippen LogP contribution in [0.5, 0.6) is 0 Å². The van der Waals surface area contributed by atoms with E-state index in [1.165, 1.54) is 0 Å².